The first-order valence-electron chi connectivity index (χ1n) is 6.22. The van der Waals surface area contributed by atoms with Gasteiger partial charge in [0.2, 0.25) is 0 Å². The van der Waals surface area contributed by atoms with Crippen LogP contribution in [0, 0.1) is 0 Å². The second-order valence-corrected chi connectivity index (χ2v) is 6.35. The molecule has 0 radical (unpaired) electrons. The van der Waals surface area contributed by atoms with E-state index in [-0.39, 0.29) is 25.3 Å². The number of hydrogen-bond acceptors (Lipinski definition) is 3. The van der Waals surface area contributed by atoms with Gasteiger partial charge in [-0.2, -0.15) is 43.9 Å². The van der Waals surface area contributed by atoms with E-state index in [2.05, 4.69) is 0 Å². The van der Waals surface area contributed by atoms with Crippen LogP contribution in [0.15, 0.2) is 0 Å². The van der Waals surface area contributed by atoms with Gasteiger partial charge in [-0.15, -0.1) is 0 Å². The van der Waals surface area contributed by atoms with Gasteiger partial charge in [-0.3, -0.25) is 0 Å². The van der Waals surface area contributed by atoms with E-state index in [0.717, 1.165) is 0 Å². The Morgan fingerprint density at radius 2 is 1.23 bits per heavy atom. The quantitative estimate of drug-likeness (QED) is 0.317. The molecule has 0 aliphatic carbocycles. The molecule has 0 amide bonds. The Bertz CT molecular complexity index is 579. The standard InChI is InChI=1S/C10H11F11O3S.Li/c1-2-3-4-5(11)6(12,13)7(14,15)8(16,17)9(18,19)10(20,21)25(22,23)24;/h5H,2-4H2,1H3,(H,22,23,24);/q;+1/p-1. The van der Waals surface area contributed by atoms with E-state index in [1.165, 1.54) is 6.92 Å². The van der Waals surface area contributed by atoms with Crippen molar-refractivity contribution in [3.8, 4) is 0 Å². The van der Waals surface area contributed by atoms with Crippen molar-refractivity contribution >= 4 is 10.1 Å². The largest absolute Gasteiger partial charge is 1.00 e. The van der Waals surface area contributed by atoms with Crippen molar-refractivity contribution < 1.29 is 80.1 Å². The Morgan fingerprint density at radius 1 is 0.846 bits per heavy atom. The molecule has 1 unspecified atom stereocenters. The number of halogens is 11. The summed E-state index contributed by atoms with van der Waals surface area (Å²) in [7, 11) is -7.67. The van der Waals surface area contributed by atoms with Crippen molar-refractivity contribution in [2.75, 3.05) is 0 Å². The summed E-state index contributed by atoms with van der Waals surface area (Å²) >= 11 is 0. The Kier molecular flexibility index (Phi) is 8.60. The second kappa shape index (κ2) is 8.00. The summed E-state index contributed by atoms with van der Waals surface area (Å²) in [5.74, 6) is -29.6. The predicted molar refractivity (Wildman–Crippen MR) is 58.9 cm³/mol. The minimum atomic E-state index is -7.79. The van der Waals surface area contributed by atoms with Crippen molar-refractivity contribution in [1.82, 2.24) is 0 Å². The molecule has 0 saturated heterocycles. The molecule has 152 valence electrons. The van der Waals surface area contributed by atoms with Gasteiger partial charge >= 0.3 is 47.8 Å². The minimum Gasteiger partial charge on any atom is -0.743 e. The molecular weight excluding hydrogens is 416 g/mol. The van der Waals surface area contributed by atoms with E-state index in [9.17, 15) is 61.3 Å². The van der Waals surface area contributed by atoms with Crippen LogP contribution in [0.2, 0.25) is 0 Å². The molecular formula is C10H10F11LiO3S. The molecule has 0 saturated carbocycles. The van der Waals surface area contributed by atoms with Gasteiger partial charge in [0, 0.05) is 0 Å². The summed E-state index contributed by atoms with van der Waals surface area (Å²) < 4.78 is 174. The van der Waals surface area contributed by atoms with Crippen molar-refractivity contribution in [2.45, 2.75) is 61.3 Å². The van der Waals surface area contributed by atoms with Crippen molar-refractivity contribution in [1.29, 1.82) is 0 Å². The van der Waals surface area contributed by atoms with E-state index >= 15 is 0 Å². The van der Waals surface area contributed by atoms with Crippen LogP contribution in [0.4, 0.5) is 48.3 Å². The van der Waals surface area contributed by atoms with Gasteiger partial charge in [0.05, 0.1) is 0 Å². The van der Waals surface area contributed by atoms with Gasteiger partial charge in [0.1, 0.15) is 0 Å². The molecule has 0 N–H and O–H groups in total. The maximum atomic E-state index is 13.2. The minimum absolute atomic E-state index is 0. The first-order chi connectivity index (χ1) is 10.7. The van der Waals surface area contributed by atoms with Gasteiger partial charge in [-0.05, 0) is 6.42 Å². The Balaban J connectivity index is 0. The SMILES string of the molecule is CCCCC(F)C(F)(F)C(F)(F)C(F)(F)C(F)(F)C(F)(F)S(=O)(=O)[O-].[Li+]. The molecule has 0 spiro atoms. The normalized spacial score (nSPS) is 16.2. The van der Waals surface area contributed by atoms with E-state index in [4.69, 9.17) is 0 Å². The number of hydrogen-bond donors (Lipinski definition) is 0. The van der Waals surface area contributed by atoms with Crippen molar-refractivity contribution in [3.63, 3.8) is 0 Å². The van der Waals surface area contributed by atoms with Crippen LogP contribution < -0.4 is 18.9 Å². The molecule has 0 aliphatic heterocycles. The fraction of sp³-hybridized carbons (Fsp3) is 1.00. The van der Waals surface area contributed by atoms with Gasteiger partial charge < -0.3 is 4.55 Å². The third-order valence-corrected chi connectivity index (χ3v) is 3.98. The smallest absolute Gasteiger partial charge is 0.743 e. The number of alkyl halides is 11. The molecule has 0 fully saturated rings. The van der Waals surface area contributed by atoms with Gasteiger partial charge in [-0.25, -0.2) is 12.8 Å². The third-order valence-electron chi connectivity index (χ3n) is 3.09. The average Bonchev–Trinajstić information content (AvgIpc) is 2.42. The molecule has 0 rings (SSSR count). The zero-order chi connectivity index (χ0) is 20.7. The molecule has 0 aromatic heterocycles. The fourth-order valence-corrected chi connectivity index (χ4v) is 1.95. The predicted octanol–water partition coefficient (Wildman–Crippen LogP) is 1.20. The Morgan fingerprint density at radius 3 is 1.54 bits per heavy atom. The number of unbranched alkanes of at least 4 members (excludes halogenated alkanes) is 1. The maximum absolute atomic E-state index is 13.2. The molecule has 16 heteroatoms. The molecule has 3 nitrogen and oxygen atoms in total. The monoisotopic (exact) mass is 426 g/mol. The molecule has 0 aromatic carbocycles. The zero-order valence-electron chi connectivity index (χ0n) is 13.0. The molecule has 26 heavy (non-hydrogen) atoms. The van der Waals surface area contributed by atoms with Crippen LogP contribution in [-0.2, 0) is 10.1 Å². The second-order valence-electron chi connectivity index (χ2n) is 4.93. The van der Waals surface area contributed by atoms with E-state index in [1.807, 2.05) is 0 Å². The van der Waals surface area contributed by atoms with Crippen LogP contribution in [-0.4, -0.2) is 48.1 Å². The summed E-state index contributed by atoms with van der Waals surface area (Å²) in [5.41, 5.74) is 0. The van der Waals surface area contributed by atoms with Crippen molar-refractivity contribution in [3.05, 3.63) is 0 Å². The molecule has 1 atom stereocenters. The molecule has 0 heterocycles. The third kappa shape index (κ3) is 4.10. The average molecular weight is 426 g/mol. The maximum Gasteiger partial charge on any atom is 1.00 e. The van der Waals surface area contributed by atoms with Gasteiger partial charge in [0.25, 0.3) is 0 Å². The number of rotatable bonds is 9. The Hall–Kier alpha value is -0.263. The van der Waals surface area contributed by atoms with Crippen LogP contribution in [0.5, 0.6) is 0 Å². The summed E-state index contributed by atoms with van der Waals surface area (Å²) in [6.07, 6.45) is -6.31. The molecule has 0 aliphatic rings. The first-order valence-corrected chi connectivity index (χ1v) is 7.62. The van der Waals surface area contributed by atoms with Gasteiger partial charge in [0.15, 0.2) is 16.3 Å². The summed E-state index contributed by atoms with van der Waals surface area (Å²) in [4.78, 5) is 0. The molecule has 0 bridgehead atoms. The fourth-order valence-electron chi connectivity index (χ4n) is 1.51. The topological polar surface area (TPSA) is 57.2 Å². The van der Waals surface area contributed by atoms with Crippen LogP contribution >= 0.6 is 0 Å². The van der Waals surface area contributed by atoms with E-state index in [0.29, 0.717) is 0 Å². The van der Waals surface area contributed by atoms with E-state index in [1.54, 1.807) is 0 Å². The van der Waals surface area contributed by atoms with Crippen molar-refractivity contribution in [2.24, 2.45) is 0 Å². The van der Waals surface area contributed by atoms with E-state index < -0.39 is 58.1 Å². The summed E-state index contributed by atoms with van der Waals surface area (Å²) in [6, 6.07) is 0. The summed E-state index contributed by atoms with van der Waals surface area (Å²) in [5, 5.41) is -7.38. The van der Waals surface area contributed by atoms with Gasteiger partial charge in [-0.1, -0.05) is 19.8 Å². The summed E-state index contributed by atoms with van der Waals surface area (Å²) in [6.45, 7) is 1.24. The first kappa shape index (κ1) is 28.0. The Labute approximate surface area is 152 Å². The van der Waals surface area contributed by atoms with Crippen LogP contribution in [0.1, 0.15) is 26.2 Å². The molecule has 0 aromatic rings. The van der Waals surface area contributed by atoms with Crippen LogP contribution in [0.3, 0.4) is 0 Å². The zero-order valence-corrected chi connectivity index (χ0v) is 13.8. The van der Waals surface area contributed by atoms with Crippen LogP contribution in [0.25, 0.3) is 0 Å².